The number of aromatic nitrogens is 1. The number of hydrogen-bond acceptors (Lipinski definition) is 4. The molecule has 1 saturated heterocycles. The lowest BCUT2D eigenvalue weighted by atomic mass is 10.2. The number of nitrogens with zero attached hydrogens (tertiary/aromatic N) is 1. The molecule has 1 unspecified atom stereocenters. The fourth-order valence-electron chi connectivity index (χ4n) is 1.86. The Bertz CT molecular complexity index is 318. The number of aryl methyl sites for hydroxylation is 2. The zero-order valence-corrected chi connectivity index (χ0v) is 9.98. The van der Waals surface area contributed by atoms with Crippen molar-refractivity contribution in [3.8, 4) is 0 Å². The first-order valence-corrected chi connectivity index (χ1v) is 6.41. The predicted octanol–water partition coefficient (Wildman–Crippen LogP) is 2.19. The Kier molecular flexibility index (Phi) is 3.72. The molecule has 15 heavy (non-hydrogen) atoms. The van der Waals surface area contributed by atoms with Gasteiger partial charge < -0.3 is 10.5 Å². The van der Waals surface area contributed by atoms with Crippen LogP contribution in [0.4, 0.5) is 0 Å². The van der Waals surface area contributed by atoms with Crippen LogP contribution in [0.2, 0.25) is 0 Å². The van der Waals surface area contributed by atoms with Crippen molar-refractivity contribution in [2.75, 3.05) is 13.2 Å². The molecule has 84 valence electrons. The Balaban J connectivity index is 2.06. The van der Waals surface area contributed by atoms with Gasteiger partial charge in [0, 0.05) is 11.5 Å². The maximum Gasteiger partial charge on any atom is 0.122 e. The number of thiazole rings is 1. The van der Waals surface area contributed by atoms with Gasteiger partial charge in [-0.1, -0.05) is 0 Å². The van der Waals surface area contributed by atoms with E-state index in [1.807, 2.05) is 0 Å². The molecule has 0 spiro atoms. The van der Waals surface area contributed by atoms with Crippen LogP contribution in [0.25, 0.3) is 0 Å². The Labute approximate surface area is 94.7 Å². The minimum Gasteiger partial charge on any atom is -0.371 e. The highest BCUT2D eigenvalue weighted by molar-refractivity contribution is 7.11. The molecule has 3 nitrogen and oxygen atoms in total. The summed E-state index contributed by atoms with van der Waals surface area (Å²) in [5.74, 6) is 0. The summed E-state index contributed by atoms with van der Waals surface area (Å²) in [5, 5.41) is 1.16. The molecular formula is C11H18N2OS. The second-order valence-corrected chi connectivity index (χ2v) is 5.07. The highest BCUT2D eigenvalue weighted by Gasteiger charge is 2.21. The van der Waals surface area contributed by atoms with E-state index in [4.69, 9.17) is 10.5 Å². The molecule has 2 rings (SSSR count). The van der Waals surface area contributed by atoms with Crippen molar-refractivity contribution in [1.82, 2.24) is 4.98 Å². The normalized spacial score (nSPS) is 21.1. The van der Waals surface area contributed by atoms with Gasteiger partial charge in [0.2, 0.25) is 0 Å². The quantitative estimate of drug-likeness (QED) is 0.856. The summed E-state index contributed by atoms with van der Waals surface area (Å²) < 4.78 is 5.64. The smallest absolute Gasteiger partial charge is 0.122 e. The molecule has 1 aromatic heterocycles. The van der Waals surface area contributed by atoms with Crippen LogP contribution >= 0.6 is 11.3 Å². The van der Waals surface area contributed by atoms with Crippen molar-refractivity contribution in [2.24, 2.45) is 5.73 Å². The predicted molar refractivity (Wildman–Crippen MR) is 62.2 cm³/mol. The van der Waals surface area contributed by atoms with E-state index < -0.39 is 0 Å². The summed E-state index contributed by atoms with van der Waals surface area (Å²) in [4.78, 5) is 5.98. The Morgan fingerprint density at radius 3 is 3.13 bits per heavy atom. The fourth-order valence-corrected chi connectivity index (χ4v) is 3.05. The molecule has 0 aromatic carbocycles. The minimum absolute atomic E-state index is 0.264. The SMILES string of the molecule is Cc1nc(C2CCCO2)sc1CCCN. The van der Waals surface area contributed by atoms with Gasteiger partial charge in [0.05, 0.1) is 5.69 Å². The first-order chi connectivity index (χ1) is 7.31. The van der Waals surface area contributed by atoms with Gasteiger partial charge in [0.25, 0.3) is 0 Å². The molecule has 0 bridgehead atoms. The van der Waals surface area contributed by atoms with E-state index >= 15 is 0 Å². The maximum atomic E-state index is 5.64. The second kappa shape index (κ2) is 5.05. The van der Waals surface area contributed by atoms with E-state index in [0.717, 1.165) is 37.4 Å². The molecule has 2 heterocycles. The van der Waals surface area contributed by atoms with Crippen LogP contribution in [0.15, 0.2) is 0 Å². The Morgan fingerprint density at radius 2 is 2.47 bits per heavy atom. The van der Waals surface area contributed by atoms with Gasteiger partial charge in [-0.3, -0.25) is 0 Å². The van der Waals surface area contributed by atoms with Gasteiger partial charge in [-0.05, 0) is 39.2 Å². The lowest BCUT2D eigenvalue weighted by molar-refractivity contribution is 0.111. The van der Waals surface area contributed by atoms with Crippen LogP contribution in [-0.4, -0.2) is 18.1 Å². The van der Waals surface area contributed by atoms with Gasteiger partial charge >= 0.3 is 0 Å². The molecule has 0 amide bonds. The lowest BCUT2D eigenvalue weighted by Gasteiger charge is -2.03. The summed E-state index contributed by atoms with van der Waals surface area (Å²) in [6, 6.07) is 0. The van der Waals surface area contributed by atoms with E-state index in [1.54, 1.807) is 11.3 Å². The Hall–Kier alpha value is -0.450. The van der Waals surface area contributed by atoms with E-state index in [-0.39, 0.29) is 6.10 Å². The average molecular weight is 226 g/mol. The topological polar surface area (TPSA) is 48.1 Å². The van der Waals surface area contributed by atoms with Crippen LogP contribution in [-0.2, 0) is 11.2 Å². The molecule has 1 aliphatic rings. The van der Waals surface area contributed by atoms with Gasteiger partial charge in [0.15, 0.2) is 0 Å². The van der Waals surface area contributed by atoms with Gasteiger partial charge in [-0.15, -0.1) is 11.3 Å². The summed E-state index contributed by atoms with van der Waals surface area (Å²) in [5.41, 5.74) is 6.68. The third-order valence-electron chi connectivity index (χ3n) is 2.72. The number of hydrogen-bond donors (Lipinski definition) is 1. The molecule has 0 saturated carbocycles. The summed E-state index contributed by atoms with van der Waals surface area (Å²) in [6.45, 7) is 3.73. The largest absolute Gasteiger partial charge is 0.371 e. The lowest BCUT2D eigenvalue weighted by Crippen LogP contribution is -1.99. The van der Waals surface area contributed by atoms with Crippen LogP contribution in [0.3, 0.4) is 0 Å². The summed E-state index contributed by atoms with van der Waals surface area (Å²) in [7, 11) is 0. The zero-order chi connectivity index (χ0) is 10.7. The highest BCUT2D eigenvalue weighted by Crippen LogP contribution is 2.33. The first-order valence-electron chi connectivity index (χ1n) is 5.59. The van der Waals surface area contributed by atoms with E-state index in [2.05, 4.69) is 11.9 Å². The molecule has 1 fully saturated rings. The molecule has 0 aliphatic carbocycles. The zero-order valence-electron chi connectivity index (χ0n) is 9.16. The number of ether oxygens (including phenoxy) is 1. The molecule has 0 radical (unpaired) electrons. The van der Waals surface area contributed by atoms with E-state index in [0.29, 0.717) is 0 Å². The van der Waals surface area contributed by atoms with E-state index in [9.17, 15) is 0 Å². The number of nitrogens with two attached hydrogens (primary N) is 1. The van der Waals surface area contributed by atoms with Crippen molar-refractivity contribution in [3.05, 3.63) is 15.6 Å². The second-order valence-electron chi connectivity index (χ2n) is 3.95. The molecule has 4 heteroatoms. The van der Waals surface area contributed by atoms with Crippen molar-refractivity contribution in [1.29, 1.82) is 0 Å². The first kappa shape index (κ1) is 11.0. The van der Waals surface area contributed by atoms with Crippen LogP contribution in [0, 0.1) is 6.92 Å². The third kappa shape index (κ3) is 2.56. The van der Waals surface area contributed by atoms with Crippen molar-refractivity contribution in [3.63, 3.8) is 0 Å². The van der Waals surface area contributed by atoms with Crippen LogP contribution < -0.4 is 5.73 Å². The van der Waals surface area contributed by atoms with Crippen molar-refractivity contribution >= 4 is 11.3 Å². The fraction of sp³-hybridized carbons (Fsp3) is 0.727. The maximum absolute atomic E-state index is 5.64. The molecule has 1 aromatic rings. The summed E-state index contributed by atoms with van der Waals surface area (Å²) in [6.07, 6.45) is 4.67. The van der Waals surface area contributed by atoms with E-state index in [1.165, 1.54) is 17.0 Å². The standard InChI is InChI=1S/C11H18N2OS/c1-8-10(5-2-6-12)15-11(13-8)9-4-3-7-14-9/h9H,2-7,12H2,1H3. The van der Waals surface area contributed by atoms with Crippen molar-refractivity contribution in [2.45, 2.75) is 38.7 Å². The highest BCUT2D eigenvalue weighted by atomic mass is 32.1. The monoisotopic (exact) mass is 226 g/mol. The van der Waals surface area contributed by atoms with Gasteiger partial charge in [-0.25, -0.2) is 4.98 Å². The summed E-state index contributed by atoms with van der Waals surface area (Å²) >= 11 is 1.81. The third-order valence-corrected chi connectivity index (χ3v) is 4.03. The average Bonchev–Trinajstić information content (AvgIpc) is 2.83. The minimum atomic E-state index is 0.264. The van der Waals surface area contributed by atoms with Crippen LogP contribution in [0.5, 0.6) is 0 Å². The molecule has 2 N–H and O–H groups in total. The molecule has 1 aliphatic heterocycles. The molecule has 1 atom stereocenters. The van der Waals surface area contributed by atoms with Gasteiger partial charge in [0.1, 0.15) is 11.1 Å². The Morgan fingerprint density at radius 1 is 1.60 bits per heavy atom. The van der Waals surface area contributed by atoms with Crippen LogP contribution in [0.1, 0.15) is 40.9 Å². The van der Waals surface area contributed by atoms with Crippen molar-refractivity contribution < 1.29 is 4.74 Å². The van der Waals surface area contributed by atoms with Gasteiger partial charge in [-0.2, -0.15) is 0 Å². The molecular weight excluding hydrogens is 208 g/mol. The number of rotatable bonds is 4.